The van der Waals surface area contributed by atoms with Gasteiger partial charge < -0.3 is 5.32 Å². The molecule has 1 saturated carbocycles. The van der Waals surface area contributed by atoms with Gasteiger partial charge in [-0.05, 0) is 37.2 Å². The van der Waals surface area contributed by atoms with Crippen molar-refractivity contribution >= 4 is 0 Å². The first-order chi connectivity index (χ1) is 7.90. The van der Waals surface area contributed by atoms with Crippen molar-refractivity contribution in [2.75, 3.05) is 0 Å². The lowest BCUT2D eigenvalue weighted by Crippen LogP contribution is -2.30. The summed E-state index contributed by atoms with van der Waals surface area (Å²) >= 11 is 0. The molecule has 2 rings (SSSR count). The van der Waals surface area contributed by atoms with Gasteiger partial charge in [0.2, 0.25) is 0 Å². The minimum Gasteiger partial charge on any atom is -0.310 e. The van der Waals surface area contributed by atoms with E-state index < -0.39 is 0 Å². The van der Waals surface area contributed by atoms with Gasteiger partial charge in [0.15, 0.2) is 0 Å². The molecule has 1 atom stereocenters. The molecular formula is C15H21N. The average Bonchev–Trinajstić information content (AvgIpc) is 3.15. The fraction of sp³-hybridized carbons (Fsp3) is 0.467. The van der Waals surface area contributed by atoms with Crippen LogP contribution in [0.2, 0.25) is 0 Å². The highest BCUT2D eigenvalue weighted by atomic mass is 14.9. The Morgan fingerprint density at radius 2 is 2.06 bits per heavy atom. The second-order valence-corrected chi connectivity index (χ2v) is 4.68. The van der Waals surface area contributed by atoms with Crippen LogP contribution in [0.15, 0.2) is 43.0 Å². The van der Waals surface area contributed by atoms with Crippen molar-refractivity contribution in [1.29, 1.82) is 0 Å². The highest BCUT2D eigenvalue weighted by molar-refractivity contribution is 5.14. The third-order valence-electron chi connectivity index (χ3n) is 3.28. The molecule has 1 aromatic carbocycles. The predicted octanol–water partition coefficient (Wildman–Crippen LogP) is 3.52. The summed E-state index contributed by atoms with van der Waals surface area (Å²) in [7, 11) is 0. The second kappa shape index (κ2) is 5.86. The topological polar surface area (TPSA) is 12.0 Å². The van der Waals surface area contributed by atoms with Gasteiger partial charge in [0.05, 0.1) is 0 Å². The molecule has 1 nitrogen and oxygen atoms in total. The lowest BCUT2D eigenvalue weighted by Gasteiger charge is -2.17. The van der Waals surface area contributed by atoms with Gasteiger partial charge in [0.1, 0.15) is 0 Å². The average molecular weight is 215 g/mol. The Hall–Kier alpha value is -1.08. The number of hydrogen-bond donors (Lipinski definition) is 1. The molecule has 0 heterocycles. The third kappa shape index (κ3) is 3.49. The molecule has 0 spiro atoms. The third-order valence-corrected chi connectivity index (χ3v) is 3.28. The van der Waals surface area contributed by atoms with Gasteiger partial charge in [0.25, 0.3) is 0 Å². The summed E-state index contributed by atoms with van der Waals surface area (Å²) in [6.07, 6.45) is 7.21. The van der Waals surface area contributed by atoms with Crippen LogP contribution in [0.4, 0.5) is 0 Å². The first-order valence-corrected chi connectivity index (χ1v) is 6.28. The Balaban J connectivity index is 1.79. The van der Waals surface area contributed by atoms with Gasteiger partial charge in [-0.25, -0.2) is 0 Å². The van der Waals surface area contributed by atoms with Crippen molar-refractivity contribution in [1.82, 2.24) is 5.32 Å². The fourth-order valence-electron chi connectivity index (χ4n) is 2.15. The molecule has 0 bridgehead atoms. The van der Waals surface area contributed by atoms with Crippen LogP contribution in [-0.2, 0) is 6.54 Å². The highest BCUT2D eigenvalue weighted by Gasteiger charge is 2.29. The van der Waals surface area contributed by atoms with Crippen LogP contribution >= 0.6 is 0 Å². The van der Waals surface area contributed by atoms with E-state index in [-0.39, 0.29) is 0 Å². The van der Waals surface area contributed by atoms with Crippen molar-refractivity contribution in [3.05, 3.63) is 48.6 Å². The van der Waals surface area contributed by atoms with Crippen molar-refractivity contribution in [3.8, 4) is 0 Å². The Kier molecular flexibility index (Phi) is 4.17. The number of allylic oxidation sites excluding steroid dienone is 1. The van der Waals surface area contributed by atoms with Gasteiger partial charge in [-0.15, -0.1) is 6.58 Å². The smallest absolute Gasteiger partial charge is 0.0208 e. The molecule has 1 unspecified atom stereocenters. The van der Waals surface area contributed by atoms with Gasteiger partial charge in [-0.3, -0.25) is 0 Å². The first-order valence-electron chi connectivity index (χ1n) is 6.28. The van der Waals surface area contributed by atoms with E-state index in [1.807, 2.05) is 6.08 Å². The molecule has 0 saturated heterocycles. The van der Waals surface area contributed by atoms with Crippen molar-refractivity contribution in [2.24, 2.45) is 5.92 Å². The van der Waals surface area contributed by atoms with E-state index in [0.717, 1.165) is 18.9 Å². The van der Waals surface area contributed by atoms with Gasteiger partial charge >= 0.3 is 0 Å². The maximum atomic E-state index is 3.80. The monoisotopic (exact) mass is 215 g/mol. The number of benzene rings is 1. The fourth-order valence-corrected chi connectivity index (χ4v) is 2.15. The van der Waals surface area contributed by atoms with Crippen LogP contribution in [0, 0.1) is 5.92 Å². The number of nitrogens with one attached hydrogen (secondary N) is 1. The lowest BCUT2D eigenvalue weighted by molar-refractivity contribution is 0.437. The van der Waals surface area contributed by atoms with E-state index in [2.05, 4.69) is 42.2 Å². The van der Waals surface area contributed by atoms with Gasteiger partial charge in [-0.2, -0.15) is 0 Å². The Labute approximate surface area is 98.6 Å². The van der Waals surface area contributed by atoms with Crippen molar-refractivity contribution in [2.45, 2.75) is 38.3 Å². The number of rotatable bonds is 7. The molecule has 0 radical (unpaired) electrons. The van der Waals surface area contributed by atoms with Crippen molar-refractivity contribution < 1.29 is 0 Å². The van der Waals surface area contributed by atoms with Crippen molar-refractivity contribution in [3.63, 3.8) is 0 Å². The Bertz CT molecular complexity index is 313. The predicted molar refractivity (Wildman–Crippen MR) is 69.2 cm³/mol. The minimum atomic E-state index is 0.693. The molecular weight excluding hydrogens is 194 g/mol. The Morgan fingerprint density at radius 3 is 2.69 bits per heavy atom. The molecule has 0 aromatic heterocycles. The molecule has 1 heteroatoms. The molecule has 1 N–H and O–H groups in total. The largest absolute Gasteiger partial charge is 0.310 e. The molecule has 16 heavy (non-hydrogen) atoms. The van der Waals surface area contributed by atoms with Gasteiger partial charge in [0, 0.05) is 12.6 Å². The zero-order valence-electron chi connectivity index (χ0n) is 9.86. The van der Waals surface area contributed by atoms with Crippen LogP contribution in [0.1, 0.15) is 31.2 Å². The van der Waals surface area contributed by atoms with Crippen LogP contribution in [0.25, 0.3) is 0 Å². The van der Waals surface area contributed by atoms with E-state index in [9.17, 15) is 0 Å². The quantitative estimate of drug-likeness (QED) is 0.686. The summed E-state index contributed by atoms with van der Waals surface area (Å²) in [5.41, 5.74) is 1.38. The minimum absolute atomic E-state index is 0.693. The molecule has 0 amide bonds. The normalized spacial score (nSPS) is 17.0. The molecule has 1 aliphatic carbocycles. The SMILES string of the molecule is C=CCCC(NCc1ccccc1)C1CC1. The maximum Gasteiger partial charge on any atom is 0.0208 e. The van der Waals surface area contributed by atoms with Gasteiger partial charge in [-0.1, -0.05) is 36.4 Å². The zero-order chi connectivity index (χ0) is 11.2. The van der Waals surface area contributed by atoms with Crippen LogP contribution in [-0.4, -0.2) is 6.04 Å². The van der Waals surface area contributed by atoms with E-state index in [1.54, 1.807) is 0 Å². The zero-order valence-corrected chi connectivity index (χ0v) is 9.86. The summed E-state index contributed by atoms with van der Waals surface area (Å²) in [6, 6.07) is 11.3. The van der Waals surface area contributed by atoms with Crippen LogP contribution in [0.5, 0.6) is 0 Å². The summed E-state index contributed by atoms with van der Waals surface area (Å²) in [6.45, 7) is 4.80. The standard InChI is InChI=1S/C15H21N/c1-2-3-9-15(14-10-11-14)16-12-13-7-5-4-6-8-13/h2,4-8,14-16H,1,3,9-12H2. The summed E-state index contributed by atoms with van der Waals surface area (Å²) in [4.78, 5) is 0. The highest BCUT2D eigenvalue weighted by Crippen LogP contribution is 2.34. The summed E-state index contributed by atoms with van der Waals surface area (Å²) in [5, 5.41) is 3.68. The molecule has 86 valence electrons. The Morgan fingerprint density at radius 1 is 1.31 bits per heavy atom. The van der Waals surface area contributed by atoms with Crippen LogP contribution < -0.4 is 5.32 Å². The molecule has 1 aliphatic rings. The van der Waals surface area contributed by atoms with Crippen LogP contribution in [0.3, 0.4) is 0 Å². The number of hydrogen-bond acceptors (Lipinski definition) is 1. The summed E-state index contributed by atoms with van der Waals surface area (Å²) < 4.78 is 0. The van der Waals surface area contributed by atoms with E-state index in [1.165, 1.54) is 24.8 Å². The van der Waals surface area contributed by atoms with E-state index >= 15 is 0 Å². The van der Waals surface area contributed by atoms with E-state index in [0.29, 0.717) is 6.04 Å². The maximum absolute atomic E-state index is 3.80. The van der Waals surface area contributed by atoms with E-state index in [4.69, 9.17) is 0 Å². The molecule has 1 fully saturated rings. The lowest BCUT2D eigenvalue weighted by atomic mass is 10.1. The molecule has 1 aromatic rings. The first kappa shape index (κ1) is 11.4. The summed E-state index contributed by atoms with van der Waals surface area (Å²) in [5.74, 6) is 0.920. The molecule has 0 aliphatic heterocycles. The second-order valence-electron chi connectivity index (χ2n) is 4.68.